The molecule has 13 heteroatoms. The molecule has 0 saturated carbocycles. The Hall–Kier alpha value is -4.91. The first kappa shape index (κ1) is 24.8. The Morgan fingerprint density at radius 2 is 1.71 bits per heavy atom. The minimum Gasteiger partial charge on any atom is -0.478 e. The lowest BCUT2D eigenvalue weighted by Gasteiger charge is -2.10. The predicted molar refractivity (Wildman–Crippen MR) is 137 cm³/mol. The second-order valence-electron chi connectivity index (χ2n) is 8.55. The number of H-pyrrole nitrogens is 1. The molecule has 0 aliphatic heterocycles. The van der Waals surface area contributed by atoms with Crippen molar-refractivity contribution in [3.05, 3.63) is 86.8 Å². The number of hydrogen-bond donors (Lipinski definition) is 4. The standard InChI is InChI=1S/C25H21N7O5S/c1-12-7-14(3-5-16(12)23(35)36)10-26-21(33)18-9-19(32-24(29-18)30-31-25(32)38)22(34)27-11-15-4-6-20-17(8-15)28-13(2)37-20/h3-9H,10-11H2,1-2H3,(H,26,33)(H,27,34)(H,31,38)(H,35,36). The average Bonchev–Trinajstić information content (AvgIpc) is 3.45. The van der Waals surface area contributed by atoms with Crippen LogP contribution in [0, 0.1) is 18.6 Å². The molecule has 3 heterocycles. The lowest BCUT2D eigenvalue weighted by Crippen LogP contribution is -2.28. The SMILES string of the molecule is Cc1nc2cc(CNC(=O)c3cc(C(=O)NCc4ccc(C(=O)O)c(C)c4)nc4n[nH]c(=S)n34)ccc2o1. The average molecular weight is 532 g/mol. The Bertz CT molecular complexity index is 1800. The van der Waals surface area contributed by atoms with Gasteiger partial charge in [-0.25, -0.2) is 24.3 Å². The van der Waals surface area contributed by atoms with Gasteiger partial charge in [0.15, 0.2) is 11.5 Å². The van der Waals surface area contributed by atoms with Crippen LogP contribution in [0.25, 0.3) is 16.9 Å². The van der Waals surface area contributed by atoms with Crippen molar-refractivity contribution in [1.29, 1.82) is 0 Å². The van der Waals surface area contributed by atoms with Gasteiger partial charge in [0, 0.05) is 20.0 Å². The molecule has 0 bridgehead atoms. The number of nitrogens with one attached hydrogen (secondary N) is 3. The van der Waals surface area contributed by atoms with E-state index < -0.39 is 17.8 Å². The third-order valence-electron chi connectivity index (χ3n) is 5.84. The zero-order valence-corrected chi connectivity index (χ0v) is 21.0. The molecule has 12 nitrogen and oxygen atoms in total. The molecule has 0 saturated heterocycles. The molecule has 0 fully saturated rings. The van der Waals surface area contributed by atoms with Crippen LogP contribution < -0.4 is 10.6 Å². The molecule has 192 valence electrons. The van der Waals surface area contributed by atoms with E-state index in [1.54, 1.807) is 32.0 Å². The van der Waals surface area contributed by atoms with Crippen molar-refractivity contribution in [3.8, 4) is 0 Å². The Morgan fingerprint density at radius 1 is 1.00 bits per heavy atom. The van der Waals surface area contributed by atoms with E-state index >= 15 is 0 Å². The fourth-order valence-electron chi connectivity index (χ4n) is 4.02. The van der Waals surface area contributed by atoms with Crippen molar-refractivity contribution >= 4 is 46.9 Å². The maximum atomic E-state index is 13.2. The van der Waals surface area contributed by atoms with Gasteiger partial charge >= 0.3 is 5.97 Å². The van der Waals surface area contributed by atoms with Crippen LogP contribution in [0.5, 0.6) is 0 Å². The molecule has 5 aromatic rings. The minimum atomic E-state index is -1.02. The molecule has 0 atom stereocenters. The summed E-state index contributed by atoms with van der Waals surface area (Å²) in [5.74, 6) is -1.43. The van der Waals surface area contributed by atoms with E-state index in [-0.39, 0.29) is 40.6 Å². The smallest absolute Gasteiger partial charge is 0.335 e. The summed E-state index contributed by atoms with van der Waals surface area (Å²) in [5.41, 5.74) is 3.67. The normalized spacial score (nSPS) is 11.1. The molecule has 0 aliphatic rings. The molecule has 5 rings (SSSR count). The number of benzene rings is 2. The number of hydrogen-bond acceptors (Lipinski definition) is 8. The van der Waals surface area contributed by atoms with Crippen LogP contribution in [-0.4, -0.2) is 47.5 Å². The molecular weight excluding hydrogens is 510 g/mol. The Morgan fingerprint density at radius 3 is 2.45 bits per heavy atom. The minimum absolute atomic E-state index is 0.0324. The van der Waals surface area contributed by atoms with Crippen LogP contribution in [0.2, 0.25) is 0 Å². The molecule has 0 radical (unpaired) electrons. The van der Waals surface area contributed by atoms with Crippen molar-refractivity contribution in [1.82, 2.24) is 35.2 Å². The number of amides is 2. The summed E-state index contributed by atoms with van der Waals surface area (Å²) in [6, 6.07) is 11.6. The van der Waals surface area contributed by atoms with Gasteiger partial charge < -0.3 is 20.2 Å². The fourth-order valence-corrected chi connectivity index (χ4v) is 4.24. The molecule has 2 amide bonds. The van der Waals surface area contributed by atoms with Crippen LogP contribution in [-0.2, 0) is 13.1 Å². The van der Waals surface area contributed by atoms with Gasteiger partial charge in [-0.15, -0.1) is 5.10 Å². The largest absolute Gasteiger partial charge is 0.478 e. The van der Waals surface area contributed by atoms with Gasteiger partial charge in [-0.05, 0) is 60.1 Å². The quantitative estimate of drug-likeness (QED) is 0.231. The van der Waals surface area contributed by atoms with Gasteiger partial charge in [-0.3, -0.25) is 9.59 Å². The number of aromatic nitrogens is 5. The number of carboxylic acid groups (broad SMARTS) is 1. The Labute approximate surface area is 219 Å². The molecule has 3 aromatic heterocycles. The zero-order chi connectivity index (χ0) is 27.0. The third-order valence-corrected chi connectivity index (χ3v) is 6.11. The fraction of sp³-hybridized carbons (Fsp3) is 0.160. The van der Waals surface area contributed by atoms with Gasteiger partial charge in [0.05, 0.1) is 5.56 Å². The summed E-state index contributed by atoms with van der Waals surface area (Å²) in [6.45, 7) is 3.77. The highest BCUT2D eigenvalue weighted by Gasteiger charge is 2.19. The number of aryl methyl sites for hydroxylation is 2. The maximum absolute atomic E-state index is 13.2. The number of carboxylic acids is 1. The van der Waals surface area contributed by atoms with Crippen molar-refractivity contribution in [2.75, 3.05) is 0 Å². The van der Waals surface area contributed by atoms with Gasteiger partial charge in [-0.2, -0.15) is 0 Å². The first-order chi connectivity index (χ1) is 18.2. The van der Waals surface area contributed by atoms with E-state index in [2.05, 4.69) is 30.8 Å². The van der Waals surface area contributed by atoms with Crippen molar-refractivity contribution in [2.45, 2.75) is 26.9 Å². The van der Waals surface area contributed by atoms with E-state index in [0.717, 1.165) is 5.56 Å². The highest BCUT2D eigenvalue weighted by Crippen LogP contribution is 2.17. The highest BCUT2D eigenvalue weighted by atomic mass is 32.1. The van der Waals surface area contributed by atoms with Gasteiger partial charge in [-0.1, -0.05) is 18.2 Å². The van der Waals surface area contributed by atoms with E-state index in [4.69, 9.17) is 16.6 Å². The Balaban J connectivity index is 1.35. The molecule has 2 aromatic carbocycles. The molecule has 0 unspecified atom stereocenters. The monoisotopic (exact) mass is 531 g/mol. The Kier molecular flexibility index (Phi) is 6.43. The maximum Gasteiger partial charge on any atom is 0.335 e. The van der Waals surface area contributed by atoms with Crippen LogP contribution in [0.1, 0.15) is 53.9 Å². The molecular formula is C25H21N7O5S. The first-order valence-electron chi connectivity index (χ1n) is 11.4. The predicted octanol–water partition coefficient (Wildman–Crippen LogP) is 3.10. The second-order valence-corrected chi connectivity index (χ2v) is 8.93. The number of aromatic carboxylic acids is 1. The van der Waals surface area contributed by atoms with Gasteiger partial charge in [0.1, 0.15) is 16.9 Å². The number of oxazole rings is 1. The van der Waals surface area contributed by atoms with Crippen LogP contribution in [0.4, 0.5) is 0 Å². The summed E-state index contributed by atoms with van der Waals surface area (Å²) >= 11 is 5.26. The van der Waals surface area contributed by atoms with Crippen molar-refractivity contribution in [3.63, 3.8) is 0 Å². The summed E-state index contributed by atoms with van der Waals surface area (Å²) in [4.78, 5) is 45.8. The molecule has 0 spiro atoms. The number of fused-ring (bicyclic) bond motifs is 2. The summed E-state index contributed by atoms with van der Waals surface area (Å²) in [6.07, 6.45) is 0. The first-order valence-corrected chi connectivity index (χ1v) is 11.8. The van der Waals surface area contributed by atoms with Crippen LogP contribution in [0.15, 0.2) is 46.9 Å². The van der Waals surface area contributed by atoms with Crippen LogP contribution >= 0.6 is 12.2 Å². The number of rotatable bonds is 7. The molecule has 4 N–H and O–H groups in total. The third kappa shape index (κ3) is 4.86. The number of carbonyl (C=O) groups is 3. The molecule has 38 heavy (non-hydrogen) atoms. The number of aromatic amines is 1. The number of nitrogens with zero attached hydrogens (tertiary/aromatic N) is 4. The van der Waals surface area contributed by atoms with Crippen molar-refractivity contribution < 1.29 is 23.9 Å². The molecule has 0 aliphatic carbocycles. The van der Waals surface area contributed by atoms with E-state index in [9.17, 15) is 19.5 Å². The van der Waals surface area contributed by atoms with E-state index in [0.29, 0.717) is 28.1 Å². The highest BCUT2D eigenvalue weighted by molar-refractivity contribution is 7.71. The van der Waals surface area contributed by atoms with Gasteiger partial charge in [0.2, 0.25) is 4.77 Å². The van der Waals surface area contributed by atoms with E-state index in [1.165, 1.54) is 16.5 Å². The zero-order valence-electron chi connectivity index (χ0n) is 20.2. The van der Waals surface area contributed by atoms with E-state index in [1.807, 2.05) is 12.1 Å². The summed E-state index contributed by atoms with van der Waals surface area (Å²) < 4.78 is 6.98. The summed E-state index contributed by atoms with van der Waals surface area (Å²) in [5, 5.41) is 21.4. The van der Waals surface area contributed by atoms with Crippen LogP contribution in [0.3, 0.4) is 0 Å². The second kappa shape index (κ2) is 9.86. The van der Waals surface area contributed by atoms with Crippen molar-refractivity contribution in [2.24, 2.45) is 0 Å². The topological polar surface area (TPSA) is 168 Å². The summed E-state index contributed by atoms with van der Waals surface area (Å²) in [7, 11) is 0. The van der Waals surface area contributed by atoms with Gasteiger partial charge in [0.25, 0.3) is 17.6 Å². The number of carbonyl (C=O) groups excluding carboxylic acids is 2. The lowest BCUT2D eigenvalue weighted by atomic mass is 10.1. The lowest BCUT2D eigenvalue weighted by molar-refractivity contribution is 0.0695.